The molecule has 0 saturated heterocycles. The lowest BCUT2D eigenvalue weighted by molar-refractivity contribution is -0.107. The van der Waals surface area contributed by atoms with Crippen molar-refractivity contribution in [3.05, 3.63) is 28.8 Å². The molecule has 0 heterocycles. The van der Waals surface area contributed by atoms with E-state index in [1.165, 1.54) is 0 Å². The smallest absolute Gasteiger partial charge is 0.124 e. The molecule has 0 radical (unpaired) electrons. The number of halogens is 1. The van der Waals surface area contributed by atoms with Gasteiger partial charge in [0.2, 0.25) is 0 Å². The number of carbonyl (C=O) groups excluding carboxylic acids is 1. The van der Waals surface area contributed by atoms with Crippen molar-refractivity contribution in [2.75, 3.05) is 5.73 Å². The Morgan fingerprint density at radius 2 is 2.27 bits per heavy atom. The van der Waals surface area contributed by atoms with Gasteiger partial charge >= 0.3 is 0 Å². The number of benzene rings is 1. The Balaban J connectivity index is 3.01. The van der Waals surface area contributed by atoms with Crippen molar-refractivity contribution in [1.82, 2.24) is 0 Å². The van der Waals surface area contributed by atoms with E-state index in [9.17, 15) is 4.79 Å². The Labute approximate surface area is 70.0 Å². The summed E-state index contributed by atoms with van der Waals surface area (Å²) >= 11 is 5.76. The number of anilines is 1. The van der Waals surface area contributed by atoms with Crippen molar-refractivity contribution in [2.45, 2.75) is 6.42 Å². The van der Waals surface area contributed by atoms with Crippen LogP contribution in [0.3, 0.4) is 0 Å². The highest BCUT2D eigenvalue weighted by atomic mass is 35.5. The first-order chi connectivity index (χ1) is 5.24. The second-order valence-electron chi connectivity index (χ2n) is 2.22. The molecule has 2 N–H and O–H groups in total. The summed E-state index contributed by atoms with van der Waals surface area (Å²) in [5.41, 5.74) is 6.89. The van der Waals surface area contributed by atoms with Gasteiger partial charge in [0, 0.05) is 17.1 Å². The van der Waals surface area contributed by atoms with E-state index >= 15 is 0 Å². The maximum atomic E-state index is 10.1. The summed E-state index contributed by atoms with van der Waals surface area (Å²) in [6, 6.07) is 5.10. The standard InChI is InChI=1S/C8H8ClNO/c9-8-2-1-7(10)5-6(8)3-4-11/h1-2,4-5H,3,10H2. The number of nitrogen functional groups attached to an aromatic ring is 1. The van der Waals surface area contributed by atoms with Crippen LogP contribution >= 0.6 is 11.6 Å². The topological polar surface area (TPSA) is 43.1 Å². The third-order valence-corrected chi connectivity index (χ3v) is 1.74. The van der Waals surface area contributed by atoms with Gasteiger partial charge in [0.05, 0.1) is 0 Å². The number of rotatable bonds is 2. The van der Waals surface area contributed by atoms with Crippen LogP contribution in [-0.4, -0.2) is 6.29 Å². The van der Waals surface area contributed by atoms with E-state index in [1.54, 1.807) is 18.2 Å². The Bertz CT molecular complexity index is 273. The lowest BCUT2D eigenvalue weighted by Crippen LogP contribution is -1.90. The Morgan fingerprint density at radius 1 is 1.55 bits per heavy atom. The molecule has 0 fully saturated rings. The van der Waals surface area contributed by atoms with Crippen LogP contribution in [0.2, 0.25) is 5.02 Å². The van der Waals surface area contributed by atoms with E-state index in [-0.39, 0.29) is 0 Å². The van der Waals surface area contributed by atoms with Crippen LogP contribution in [-0.2, 0) is 11.2 Å². The van der Waals surface area contributed by atoms with Gasteiger partial charge in [0.25, 0.3) is 0 Å². The Hall–Kier alpha value is -1.02. The largest absolute Gasteiger partial charge is 0.399 e. The van der Waals surface area contributed by atoms with Crippen LogP contribution in [0.5, 0.6) is 0 Å². The lowest BCUT2D eigenvalue weighted by Gasteiger charge is -1.99. The molecule has 0 unspecified atom stereocenters. The zero-order chi connectivity index (χ0) is 8.27. The zero-order valence-corrected chi connectivity index (χ0v) is 6.64. The normalized spacial score (nSPS) is 9.55. The second kappa shape index (κ2) is 3.39. The molecule has 3 heteroatoms. The number of carbonyl (C=O) groups is 1. The van der Waals surface area contributed by atoms with E-state index in [0.717, 1.165) is 11.8 Å². The van der Waals surface area contributed by atoms with Crippen molar-refractivity contribution < 1.29 is 4.79 Å². The SMILES string of the molecule is Nc1ccc(Cl)c(CC=O)c1. The van der Waals surface area contributed by atoms with Crippen molar-refractivity contribution in [3.63, 3.8) is 0 Å². The summed E-state index contributed by atoms with van der Waals surface area (Å²) in [7, 11) is 0. The molecule has 1 rings (SSSR count). The monoisotopic (exact) mass is 169 g/mol. The maximum absolute atomic E-state index is 10.1. The number of hydrogen-bond acceptors (Lipinski definition) is 2. The van der Waals surface area contributed by atoms with Gasteiger partial charge in [-0.15, -0.1) is 0 Å². The molecule has 0 aliphatic carbocycles. The number of aldehydes is 1. The molecule has 0 atom stereocenters. The summed E-state index contributed by atoms with van der Waals surface area (Å²) in [4.78, 5) is 10.1. The van der Waals surface area contributed by atoms with E-state index in [0.29, 0.717) is 17.1 Å². The van der Waals surface area contributed by atoms with Crippen LogP contribution in [0.1, 0.15) is 5.56 Å². The van der Waals surface area contributed by atoms with Gasteiger partial charge < -0.3 is 10.5 Å². The molecule has 0 bridgehead atoms. The third-order valence-electron chi connectivity index (χ3n) is 1.37. The highest BCUT2D eigenvalue weighted by Crippen LogP contribution is 2.18. The predicted octanol–water partition coefficient (Wildman–Crippen LogP) is 1.66. The van der Waals surface area contributed by atoms with Gasteiger partial charge in [-0.2, -0.15) is 0 Å². The molecular formula is C8H8ClNO. The molecule has 0 saturated carbocycles. The fourth-order valence-electron chi connectivity index (χ4n) is 0.841. The predicted molar refractivity (Wildman–Crippen MR) is 45.6 cm³/mol. The van der Waals surface area contributed by atoms with Crippen LogP contribution in [0.25, 0.3) is 0 Å². The van der Waals surface area contributed by atoms with E-state index < -0.39 is 0 Å². The minimum absolute atomic E-state index is 0.323. The minimum atomic E-state index is 0.323. The summed E-state index contributed by atoms with van der Waals surface area (Å²) in [5, 5.41) is 0.589. The van der Waals surface area contributed by atoms with Gasteiger partial charge in [0.1, 0.15) is 6.29 Å². The average molecular weight is 170 g/mol. The Morgan fingerprint density at radius 3 is 2.91 bits per heavy atom. The highest BCUT2D eigenvalue weighted by molar-refractivity contribution is 6.31. The third kappa shape index (κ3) is 1.95. The van der Waals surface area contributed by atoms with Gasteiger partial charge in [-0.3, -0.25) is 0 Å². The molecule has 0 aliphatic rings. The zero-order valence-electron chi connectivity index (χ0n) is 5.88. The van der Waals surface area contributed by atoms with E-state index in [1.807, 2.05) is 0 Å². The summed E-state index contributed by atoms with van der Waals surface area (Å²) < 4.78 is 0. The molecule has 2 nitrogen and oxygen atoms in total. The first-order valence-electron chi connectivity index (χ1n) is 3.21. The van der Waals surface area contributed by atoms with Gasteiger partial charge in [0.15, 0.2) is 0 Å². The molecule has 1 aromatic rings. The minimum Gasteiger partial charge on any atom is -0.399 e. The van der Waals surface area contributed by atoms with Crippen LogP contribution in [0.4, 0.5) is 5.69 Å². The quantitative estimate of drug-likeness (QED) is 0.541. The Kier molecular flexibility index (Phi) is 2.49. The van der Waals surface area contributed by atoms with Crippen molar-refractivity contribution in [2.24, 2.45) is 0 Å². The fraction of sp³-hybridized carbons (Fsp3) is 0.125. The summed E-state index contributed by atoms with van der Waals surface area (Å²) in [6.07, 6.45) is 1.13. The van der Waals surface area contributed by atoms with Crippen LogP contribution < -0.4 is 5.73 Å². The molecular weight excluding hydrogens is 162 g/mol. The molecule has 0 aliphatic heterocycles. The van der Waals surface area contributed by atoms with Crippen molar-refractivity contribution >= 4 is 23.6 Å². The first-order valence-corrected chi connectivity index (χ1v) is 3.59. The van der Waals surface area contributed by atoms with Gasteiger partial charge in [-0.25, -0.2) is 0 Å². The summed E-state index contributed by atoms with van der Waals surface area (Å²) in [5.74, 6) is 0. The fourth-order valence-corrected chi connectivity index (χ4v) is 1.04. The molecule has 58 valence electrons. The second-order valence-corrected chi connectivity index (χ2v) is 2.63. The molecule has 0 amide bonds. The van der Waals surface area contributed by atoms with Crippen molar-refractivity contribution in [3.8, 4) is 0 Å². The van der Waals surface area contributed by atoms with E-state index in [4.69, 9.17) is 17.3 Å². The molecule has 1 aromatic carbocycles. The van der Waals surface area contributed by atoms with E-state index in [2.05, 4.69) is 0 Å². The molecule has 11 heavy (non-hydrogen) atoms. The number of nitrogens with two attached hydrogens (primary N) is 1. The van der Waals surface area contributed by atoms with Gasteiger partial charge in [-0.1, -0.05) is 11.6 Å². The molecule has 0 spiro atoms. The van der Waals surface area contributed by atoms with Crippen LogP contribution in [0, 0.1) is 0 Å². The highest BCUT2D eigenvalue weighted by Gasteiger charge is 1.98. The maximum Gasteiger partial charge on any atom is 0.124 e. The average Bonchev–Trinajstić information content (AvgIpc) is 1.98. The van der Waals surface area contributed by atoms with Crippen molar-refractivity contribution in [1.29, 1.82) is 0 Å². The summed E-state index contributed by atoms with van der Waals surface area (Å²) in [6.45, 7) is 0. The lowest BCUT2D eigenvalue weighted by atomic mass is 10.1. The number of hydrogen-bond donors (Lipinski definition) is 1. The van der Waals surface area contributed by atoms with Gasteiger partial charge in [-0.05, 0) is 23.8 Å². The first kappa shape index (κ1) is 8.08. The van der Waals surface area contributed by atoms with Crippen LogP contribution in [0.15, 0.2) is 18.2 Å². The molecule has 0 aromatic heterocycles.